The molecule has 4 aromatic rings. The average molecular weight is 613 g/mol. The average Bonchev–Trinajstić information content (AvgIpc) is 3.02. The second-order valence-corrected chi connectivity index (χ2v) is 9.08. The van der Waals surface area contributed by atoms with Gasteiger partial charge in [-0.05, 0) is 48.5 Å². The van der Waals surface area contributed by atoms with Crippen molar-refractivity contribution in [1.29, 1.82) is 0 Å². The maximum Gasteiger partial charge on any atom is 0.224 e. The molecule has 0 aliphatic carbocycles. The number of carbonyl (C=O) groups excluding carboxylic acids is 3. The summed E-state index contributed by atoms with van der Waals surface area (Å²) in [4.78, 5) is 44.0. The molecule has 2 heterocycles. The van der Waals surface area contributed by atoms with E-state index in [1.807, 2.05) is 0 Å². The molecule has 3 N–H and O–H groups in total. The molecule has 0 radical (unpaired) electrons. The van der Waals surface area contributed by atoms with Crippen LogP contribution in [0.3, 0.4) is 0 Å². The van der Waals surface area contributed by atoms with Gasteiger partial charge in [0.2, 0.25) is 29.7 Å². The molecule has 2 aromatic heterocycles. The van der Waals surface area contributed by atoms with Crippen molar-refractivity contribution in [3.8, 4) is 23.3 Å². The number of nitrogen functional groups attached to an aromatic ring is 1. The van der Waals surface area contributed by atoms with Crippen molar-refractivity contribution in [3.63, 3.8) is 0 Å². The molecule has 0 spiro atoms. The number of nitrogens with two attached hydrogens (primary N) is 1. The number of rotatable bonds is 10. The van der Waals surface area contributed by atoms with E-state index < -0.39 is 5.78 Å². The summed E-state index contributed by atoms with van der Waals surface area (Å²) in [6.07, 6.45) is 3.40. The number of hydrogen-bond donors (Lipinski definition) is 2. The fourth-order valence-corrected chi connectivity index (χ4v) is 3.99. The Labute approximate surface area is 251 Å². The maximum absolute atomic E-state index is 12.8. The lowest BCUT2D eigenvalue weighted by molar-refractivity contribution is -0.105. The number of hydrogen-bond acceptors (Lipinski definition) is 10. The molecule has 0 aliphatic rings. The van der Waals surface area contributed by atoms with Crippen LogP contribution in [0.5, 0.6) is 23.3 Å². The van der Waals surface area contributed by atoms with Gasteiger partial charge in [0.05, 0.1) is 57.6 Å². The molecule has 0 bridgehead atoms. The predicted octanol–water partition coefficient (Wildman–Crippen LogP) is 5.12. The van der Waals surface area contributed by atoms with Gasteiger partial charge >= 0.3 is 0 Å². The molecule has 1 amide bonds. The van der Waals surface area contributed by atoms with Gasteiger partial charge in [-0.25, -0.2) is 9.97 Å². The van der Waals surface area contributed by atoms with Gasteiger partial charge in [0.25, 0.3) is 0 Å². The van der Waals surface area contributed by atoms with Crippen LogP contribution in [0.1, 0.15) is 31.8 Å². The fraction of sp³-hybridized carbons (Fsp3) is 0.138. The molecular formula is C29H26Cl2N4O7. The third-order valence-electron chi connectivity index (χ3n) is 5.70. The van der Waals surface area contributed by atoms with E-state index in [9.17, 15) is 14.4 Å². The number of methoxy groups -OCH3 is 4. The van der Waals surface area contributed by atoms with E-state index in [0.717, 1.165) is 0 Å². The topological polar surface area (TPSA) is 152 Å². The molecule has 13 heteroatoms. The third kappa shape index (κ3) is 7.45. The SMILES string of the molecule is COc1cnc(OC)c(C(=O)c2cc(Cl)ccc2N)c1.COc1cnc(OC)c(C(=O)c2cc(Cl)ccc2NC=O)c1. The van der Waals surface area contributed by atoms with E-state index in [-0.39, 0.29) is 34.2 Å². The Morgan fingerprint density at radius 3 is 1.67 bits per heavy atom. The molecule has 4 rings (SSSR count). The first kappa shape index (κ1) is 31.7. The van der Waals surface area contributed by atoms with E-state index in [1.54, 1.807) is 30.3 Å². The standard InChI is InChI=1S/C15H13ClN2O4.C14H13ClN2O3/c1-21-10-6-12(15(22-2)17-7-10)14(20)11-5-9(16)3-4-13(11)18-8-19;1-19-9-6-11(14(20-2)17-7-9)13(18)10-5-8(15)3-4-12(10)16/h3-8H,1-2H3,(H,18,19);3-7H,16H2,1-2H3. The number of anilines is 2. The highest BCUT2D eigenvalue weighted by molar-refractivity contribution is 6.32. The first-order chi connectivity index (χ1) is 20.2. The molecule has 218 valence electrons. The first-order valence-electron chi connectivity index (χ1n) is 12.0. The van der Waals surface area contributed by atoms with Crippen LogP contribution in [-0.2, 0) is 4.79 Å². The van der Waals surface area contributed by atoms with E-state index in [2.05, 4.69) is 15.3 Å². The molecular weight excluding hydrogens is 587 g/mol. The lowest BCUT2D eigenvalue weighted by Crippen LogP contribution is -2.09. The van der Waals surface area contributed by atoms with Crippen molar-refractivity contribution in [2.45, 2.75) is 0 Å². The number of benzene rings is 2. The minimum absolute atomic E-state index is 0.155. The predicted molar refractivity (Wildman–Crippen MR) is 159 cm³/mol. The molecule has 0 saturated heterocycles. The van der Waals surface area contributed by atoms with Crippen LogP contribution in [0.2, 0.25) is 10.0 Å². The minimum atomic E-state index is -0.393. The van der Waals surface area contributed by atoms with Gasteiger partial charge in [0.15, 0.2) is 0 Å². The highest BCUT2D eigenvalue weighted by atomic mass is 35.5. The van der Waals surface area contributed by atoms with E-state index in [4.69, 9.17) is 47.9 Å². The Hall–Kier alpha value is -4.87. The van der Waals surface area contributed by atoms with Crippen molar-refractivity contribution < 1.29 is 33.3 Å². The van der Waals surface area contributed by atoms with E-state index in [0.29, 0.717) is 44.9 Å². The number of ketones is 2. The van der Waals surface area contributed by atoms with Gasteiger partial charge < -0.3 is 30.0 Å². The number of ether oxygens (including phenoxy) is 4. The van der Waals surface area contributed by atoms with Gasteiger partial charge in [-0.1, -0.05) is 23.2 Å². The number of aromatic nitrogens is 2. The summed E-state index contributed by atoms with van der Waals surface area (Å²) in [7, 11) is 5.81. The smallest absolute Gasteiger partial charge is 0.224 e. The van der Waals surface area contributed by atoms with Crippen LogP contribution in [0.4, 0.5) is 11.4 Å². The van der Waals surface area contributed by atoms with Crippen LogP contribution >= 0.6 is 23.2 Å². The van der Waals surface area contributed by atoms with Crippen molar-refractivity contribution in [3.05, 3.63) is 93.2 Å². The van der Waals surface area contributed by atoms with Crippen molar-refractivity contribution in [1.82, 2.24) is 9.97 Å². The second-order valence-electron chi connectivity index (χ2n) is 8.21. The molecule has 2 aromatic carbocycles. The molecule has 0 saturated carbocycles. The van der Waals surface area contributed by atoms with E-state index >= 15 is 0 Å². The Balaban J connectivity index is 0.000000231. The third-order valence-corrected chi connectivity index (χ3v) is 6.17. The quantitative estimate of drug-likeness (QED) is 0.140. The van der Waals surface area contributed by atoms with Crippen LogP contribution in [-0.4, -0.2) is 56.4 Å². The van der Waals surface area contributed by atoms with Gasteiger partial charge in [0.1, 0.15) is 11.5 Å². The lowest BCUT2D eigenvalue weighted by atomic mass is 10.0. The second kappa shape index (κ2) is 14.7. The molecule has 42 heavy (non-hydrogen) atoms. The molecule has 11 nitrogen and oxygen atoms in total. The van der Waals surface area contributed by atoms with Gasteiger partial charge in [0, 0.05) is 26.9 Å². The molecule has 0 unspecified atom stereocenters. The summed E-state index contributed by atoms with van der Waals surface area (Å²) in [5, 5.41) is 3.27. The Kier molecular flexibility index (Phi) is 11.1. The summed E-state index contributed by atoms with van der Waals surface area (Å²) >= 11 is 11.8. The Morgan fingerprint density at radius 1 is 0.714 bits per heavy atom. The Morgan fingerprint density at radius 2 is 1.19 bits per heavy atom. The van der Waals surface area contributed by atoms with Gasteiger partial charge in [-0.15, -0.1) is 0 Å². The fourth-order valence-electron chi connectivity index (χ4n) is 3.65. The number of amides is 1. The molecule has 0 fully saturated rings. The van der Waals surface area contributed by atoms with Crippen molar-refractivity contribution in [2.24, 2.45) is 0 Å². The zero-order valence-electron chi connectivity index (χ0n) is 22.9. The largest absolute Gasteiger partial charge is 0.495 e. The summed E-state index contributed by atoms with van der Waals surface area (Å²) in [5.41, 5.74) is 7.49. The van der Waals surface area contributed by atoms with Crippen molar-refractivity contribution in [2.75, 3.05) is 39.5 Å². The number of nitrogens with zero attached hydrogens (tertiary/aromatic N) is 2. The van der Waals surface area contributed by atoms with E-state index in [1.165, 1.54) is 59.0 Å². The Bertz CT molecular complexity index is 1620. The monoisotopic (exact) mass is 612 g/mol. The van der Waals surface area contributed by atoms with Crippen LogP contribution in [0.25, 0.3) is 0 Å². The zero-order valence-corrected chi connectivity index (χ0v) is 24.4. The molecule has 0 aliphatic heterocycles. The van der Waals surface area contributed by atoms with Crippen LogP contribution < -0.4 is 30.0 Å². The summed E-state index contributed by atoms with van der Waals surface area (Å²) in [6.45, 7) is 0. The first-order valence-corrected chi connectivity index (χ1v) is 12.7. The zero-order chi connectivity index (χ0) is 30.8. The highest BCUT2D eigenvalue weighted by Gasteiger charge is 2.21. The minimum Gasteiger partial charge on any atom is -0.495 e. The normalized spacial score (nSPS) is 10.0. The van der Waals surface area contributed by atoms with Gasteiger partial charge in [-0.2, -0.15) is 0 Å². The number of carbonyl (C=O) groups is 3. The highest BCUT2D eigenvalue weighted by Crippen LogP contribution is 2.29. The number of halogens is 2. The van der Waals surface area contributed by atoms with Crippen LogP contribution in [0.15, 0.2) is 60.9 Å². The van der Waals surface area contributed by atoms with Crippen LogP contribution in [0, 0.1) is 0 Å². The molecule has 0 atom stereocenters. The number of nitrogens with one attached hydrogen (secondary N) is 1. The summed E-state index contributed by atoms with van der Waals surface area (Å²) < 4.78 is 20.3. The number of pyridine rings is 2. The summed E-state index contributed by atoms with van der Waals surface area (Å²) in [6, 6.07) is 12.4. The lowest BCUT2D eigenvalue weighted by Gasteiger charge is -2.11. The summed E-state index contributed by atoms with van der Waals surface area (Å²) in [5.74, 6) is 0.507. The van der Waals surface area contributed by atoms with Gasteiger partial charge in [-0.3, -0.25) is 14.4 Å². The maximum atomic E-state index is 12.8. The van der Waals surface area contributed by atoms with Crippen molar-refractivity contribution >= 4 is 52.6 Å².